The van der Waals surface area contributed by atoms with Gasteiger partial charge in [-0.25, -0.2) is 0 Å². The molecule has 0 rings (SSSR count). The molecule has 0 aromatic carbocycles. The van der Waals surface area contributed by atoms with Gasteiger partial charge in [0.1, 0.15) is 0 Å². The van der Waals surface area contributed by atoms with Crippen molar-refractivity contribution in [3.05, 3.63) is 0 Å². The maximum absolute atomic E-state index is 2.18. The molecule has 0 saturated carbocycles. The maximum Gasteiger partial charge on any atom is -0.0564 e. The molecule has 0 bridgehead atoms. The fraction of sp³-hybridized carbons (Fsp3) is 1.00. The van der Waals surface area contributed by atoms with Crippen molar-refractivity contribution in [1.29, 1.82) is 0 Å². The number of rotatable bonds is 2. The Morgan fingerprint density at radius 3 is 0.500 bits per heavy atom. The summed E-state index contributed by atoms with van der Waals surface area (Å²) >= 11 is 0. The molecule has 0 saturated heterocycles. The highest BCUT2D eigenvalue weighted by Crippen LogP contribution is 1.77. The molecule has 0 unspecified atom stereocenters. The van der Waals surface area contributed by atoms with Gasteiger partial charge in [0.2, 0.25) is 0 Å². The van der Waals surface area contributed by atoms with Crippen LogP contribution in [-0.2, 0) is 0 Å². The van der Waals surface area contributed by atoms with Gasteiger partial charge in [-0.3, -0.25) is 0 Å². The number of hydrogen-bond acceptors (Lipinski definition) is 0. The molecule has 0 aliphatic carbocycles. The van der Waals surface area contributed by atoms with E-state index in [4.69, 9.17) is 0 Å². The van der Waals surface area contributed by atoms with E-state index in [1.165, 1.54) is 25.7 Å². The van der Waals surface area contributed by atoms with E-state index in [1.54, 1.807) is 0 Å². The second kappa shape index (κ2) is 68.8. The van der Waals surface area contributed by atoms with E-state index in [0.29, 0.717) is 0 Å². The second-order valence-electron chi connectivity index (χ2n) is 2.00. The summed E-state index contributed by atoms with van der Waals surface area (Å²) in [6.07, 6.45) is 5.28. The highest BCUT2D eigenvalue weighted by molar-refractivity contribution is 4.13. The minimum atomic E-state index is 0. The van der Waals surface area contributed by atoms with Crippen molar-refractivity contribution in [2.24, 2.45) is 0 Å². The lowest BCUT2D eigenvalue weighted by Crippen LogP contribution is -1.47. The Morgan fingerprint density at radius 1 is 0.417 bits per heavy atom. The first-order chi connectivity index (χ1) is 3.83. The van der Waals surface area contributed by atoms with Crippen LogP contribution in [0.3, 0.4) is 0 Å². The molecule has 0 aromatic heterocycles. The van der Waals surface area contributed by atoms with Crippen molar-refractivity contribution in [1.82, 2.24) is 0 Å². The van der Waals surface area contributed by atoms with E-state index in [0.717, 1.165) is 0 Å². The molecule has 0 aliphatic rings. The van der Waals surface area contributed by atoms with E-state index in [1.807, 2.05) is 0 Å². The van der Waals surface area contributed by atoms with Crippen LogP contribution in [0.4, 0.5) is 0 Å². The van der Waals surface area contributed by atoms with Crippen LogP contribution >= 0.6 is 0 Å². The normalized spacial score (nSPS) is 5.00. The molecule has 0 nitrogen and oxygen atoms in total. The van der Waals surface area contributed by atoms with Crippen molar-refractivity contribution in [3.8, 4) is 0 Å². The molecule has 0 spiro atoms. The summed E-state index contributed by atoms with van der Waals surface area (Å²) in [5.74, 6) is 0. The molecule has 0 N–H and O–H groups in total. The monoisotopic (exact) mass is 180 g/mol. The first-order valence-corrected chi connectivity index (χ1v) is 3.83. The fourth-order valence-corrected chi connectivity index (χ4v) is 0. The Balaban J connectivity index is -0.0000000112. The molecular formula is C12H36. The van der Waals surface area contributed by atoms with Gasteiger partial charge in [0.05, 0.1) is 0 Å². The highest BCUT2D eigenvalue weighted by Gasteiger charge is 1.56. The summed E-state index contributed by atoms with van der Waals surface area (Å²) in [6, 6.07) is 0. The van der Waals surface area contributed by atoms with Gasteiger partial charge in [-0.05, 0) is 0 Å². The predicted octanol–water partition coefficient (Wildman–Crippen LogP) is 6.16. The van der Waals surface area contributed by atoms with Crippen LogP contribution in [0.25, 0.3) is 0 Å². The molecule has 84 valence electrons. The van der Waals surface area contributed by atoms with Crippen LogP contribution in [0.15, 0.2) is 0 Å². The second-order valence-corrected chi connectivity index (χ2v) is 2.00. The Morgan fingerprint density at radius 2 is 0.500 bits per heavy atom. The number of hydrogen-bond donors (Lipinski definition) is 0. The average molecular weight is 180 g/mol. The highest BCUT2D eigenvalue weighted by atomic mass is 13.6. The van der Waals surface area contributed by atoms with Crippen LogP contribution in [0.5, 0.6) is 0 Å². The number of unbranched alkanes of at least 4 members (excludes halogenated alkanes) is 2. The van der Waals surface area contributed by atoms with Crippen LogP contribution < -0.4 is 0 Å². The van der Waals surface area contributed by atoms with E-state index < -0.39 is 0 Å². The molecule has 0 amide bonds. The maximum atomic E-state index is 2.18. The Hall–Kier alpha value is 0. The zero-order chi connectivity index (χ0) is 6.83. The van der Waals surface area contributed by atoms with E-state index in [9.17, 15) is 0 Å². The summed E-state index contributed by atoms with van der Waals surface area (Å²) in [6.45, 7) is 8.72. The van der Waals surface area contributed by atoms with Crippen LogP contribution in [0, 0.1) is 0 Å². The topological polar surface area (TPSA) is 0 Å². The Kier molecular flexibility index (Phi) is 231. The van der Waals surface area contributed by atoms with Crippen LogP contribution in [-0.4, -0.2) is 0 Å². The largest absolute Gasteiger partial charge is 0.0776 e. The lowest BCUT2D eigenvalue weighted by atomic mass is 10.4. The first-order valence-electron chi connectivity index (χ1n) is 3.83. The summed E-state index contributed by atoms with van der Waals surface area (Å²) in [7, 11) is 0. The van der Waals surface area contributed by atoms with Crippen molar-refractivity contribution in [2.75, 3.05) is 0 Å². The van der Waals surface area contributed by atoms with E-state index in [-0.39, 0.29) is 29.7 Å². The molecule has 0 aliphatic heterocycles. The van der Waals surface area contributed by atoms with Gasteiger partial charge in [-0.2, -0.15) is 0 Å². The van der Waals surface area contributed by atoms with Crippen molar-refractivity contribution >= 4 is 0 Å². The van der Waals surface area contributed by atoms with Gasteiger partial charge in [-0.15, -0.1) is 0 Å². The summed E-state index contributed by atoms with van der Waals surface area (Å²) < 4.78 is 0. The molecule has 0 fully saturated rings. The Bertz CT molecular complexity index is 8.00. The molecule has 0 aromatic rings. The SMILES string of the molecule is C.C.C.C.CCCC.CCCC. The lowest BCUT2D eigenvalue weighted by molar-refractivity contribution is 0.886. The van der Waals surface area contributed by atoms with E-state index in [2.05, 4.69) is 27.7 Å². The summed E-state index contributed by atoms with van der Waals surface area (Å²) in [4.78, 5) is 0. The van der Waals surface area contributed by atoms with Crippen molar-refractivity contribution in [3.63, 3.8) is 0 Å². The van der Waals surface area contributed by atoms with Crippen molar-refractivity contribution in [2.45, 2.75) is 83.1 Å². The standard InChI is InChI=1S/2C4H10.4CH4/c2*1-3-4-2;;;;/h2*3-4H2,1-2H3;4*1H4. The minimum absolute atomic E-state index is 0. The molecule has 0 heterocycles. The third kappa shape index (κ3) is 202. The van der Waals surface area contributed by atoms with Gasteiger partial charge >= 0.3 is 0 Å². The smallest absolute Gasteiger partial charge is 0.0564 e. The third-order valence-electron chi connectivity index (χ3n) is 1.000. The molecule has 12 heavy (non-hydrogen) atoms. The summed E-state index contributed by atoms with van der Waals surface area (Å²) in [5, 5.41) is 0. The van der Waals surface area contributed by atoms with Crippen LogP contribution in [0.2, 0.25) is 0 Å². The van der Waals surface area contributed by atoms with E-state index >= 15 is 0 Å². The van der Waals surface area contributed by atoms with Crippen LogP contribution in [0.1, 0.15) is 83.1 Å². The van der Waals surface area contributed by atoms with Gasteiger partial charge in [0.25, 0.3) is 0 Å². The fourth-order valence-electron chi connectivity index (χ4n) is 0. The van der Waals surface area contributed by atoms with Gasteiger partial charge in [-0.1, -0.05) is 83.1 Å². The zero-order valence-electron chi connectivity index (χ0n) is 6.83. The molecular weight excluding hydrogens is 144 g/mol. The van der Waals surface area contributed by atoms with Gasteiger partial charge in [0, 0.05) is 0 Å². The van der Waals surface area contributed by atoms with Gasteiger partial charge in [0.15, 0.2) is 0 Å². The first kappa shape index (κ1) is 40.3. The van der Waals surface area contributed by atoms with Crippen molar-refractivity contribution < 1.29 is 0 Å². The minimum Gasteiger partial charge on any atom is -0.0776 e. The third-order valence-corrected chi connectivity index (χ3v) is 1.000. The molecule has 0 radical (unpaired) electrons. The average Bonchev–Trinajstić information content (AvgIpc) is 1.88. The zero-order valence-corrected chi connectivity index (χ0v) is 6.83. The predicted molar refractivity (Wildman–Crippen MR) is 68.1 cm³/mol. The quantitative estimate of drug-likeness (QED) is 0.477. The molecule has 0 atom stereocenters. The lowest BCUT2D eigenvalue weighted by Gasteiger charge is -1.68. The molecule has 0 heteroatoms. The van der Waals surface area contributed by atoms with Gasteiger partial charge < -0.3 is 0 Å². The Labute approximate surface area is 83.8 Å². The summed E-state index contributed by atoms with van der Waals surface area (Å²) in [5.41, 5.74) is 0.